The number of nitrogens with two attached hydrogens (primary N) is 1. The van der Waals surface area contributed by atoms with Gasteiger partial charge in [0.2, 0.25) is 0 Å². The van der Waals surface area contributed by atoms with E-state index in [-0.39, 0.29) is 6.04 Å². The van der Waals surface area contributed by atoms with Crippen molar-refractivity contribution in [1.82, 2.24) is 9.97 Å². The van der Waals surface area contributed by atoms with Gasteiger partial charge in [-0.25, -0.2) is 9.97 Å². The minimum atomic E-state index is 0.00630. The van der Waals surface area contributed by atoms with Crippen LogP contribution in [-0.2, 0) is 0 Å². The summed E-state index contributed by atoms with van der Waals surface area (Å²) in [6, 6.07) is 16.2. The van der Waals surface area contributed by atoms with Crippen molar-refractivity contribution in [2.75, 3.05) is 0 Å². The normalized spacial score (nSPS) is 12.5. The first-order valence-corrected chi connectivity index (χ1v) is 7.29. The fourth-order valence-corrected chi connectivity index (χ4v) is 3.22. The van der Waals surface area contributed by atoms with E-state index in [9.17, 15) is 0 Å². The molecule has 1 aromatic heterocycles. The van der Waals surface area contributed by atoms with Gasteiger partial charge >= 0.3 is 0 Å². The Bertz CT molecular complexity index is 735. The predicted molar refractivity (Wildman–Crippen MR) is 82.7 cm³/mol. The minimum Gasteiger partial charge on any atom is -0.324 e. The van der Waals surface area contributed by atoms with Crippen molar-refractivity contribution < 1.29 is 0 Å². The lowest BCUT2D eigenvalue weighted by Crippen LogP contribution is -2.06. The summed E-state index contributed by atoms with van der Waals surface area (Å²) < 4.78 is 0. The molecule has 0 saturated heterocycles. The molecule has 0 aliphatic rings. The maximum absolute atomic E-state index is 6.03. The Hall–Kier alpha value is -1.91. The van der Waals surface area contributed by atoms with Crippen LogP contribution in [0.3, 0.4) is 0 Å². The molecule has 3 rings (SSSR count). The van der Waals surface area contributed by atoms with Crippen LogP contribution >= 0.6 is 11.8 Å². The van der Waals surface area contributed by atoms with E-state index in [0.717, 1.165) is 26.4 Å². The van der Waals surface area contributed by atoms with Gasteiger partial charge in [-0.15, -0.1) is 0 Å². The summed E-state index contributed by atoms with van der Waals surface area (Å²) in [5.41, 5.74) is 8.14. The highest BCUT2D eigenvalue weighted by Gasteiger charge is 2.10. The monoisotopic (exact) mass is 281 g/mol. The SMILES string of the molecule is C[C@@H](N)c1ccccc1Sc1ncnc2ccccc12. The third kappa shape index (κ3) is 2.53. The third-order valence-corrected chi connectivity index (χ3v) is 4.23. The highest BCUT2D eigenvalue weighted by Crippen LogP contribution is 2.34. The minimum absolute atomic E-state index is 0.00630. The van der Waals surface area contributed by atoms with Gasteiger partial charge in [-0.05, 0) is 24.6 Å². The molecule has 0 aliphatic heterocycles. The summed E-state index contributed by atoms with van der Waals surface area (Å²) in [5.74, 6) is 0. The van der Waals surface area contributed by atoms with Crippen molar-refractivity contribution in [2.24, 2.45) is 5.73 Å². The Morgan fingerprint density at radius 3 is 2.60 bits per heavy atom. The lowest BCUT2D eigenvalue weighted by Gasteiger charge is -2.12. The molecule has 0 bridgehead atoms. The molecule has 0 amide bonds. The number of aromatic nitrogens is 2. The summed E-state index contributed by atoms with van der Waals surface area (Å²) >= 11 is 1.64. The second kappa shape index (κ2) is 5.61. The van der Waals surface area contributed by atoms with Crippen molar-refractivity contribution >= 4 is 22.7 Å². The van der Waals surface area contributed by atoms with Gasteiger partial charge in [-0.3, -0.25) is 0 Å². The number of benzene rings is 2. The molecule has 1 atom stereocenters. The van der Waals surface area contributed by atoms with Crippen molar-refractivity contribution in [3.8, 4) is 0 Å². The second-order valence-corrected chi connectivity index (χ2v) is 5.66. The average molecular weight is 281 g/mol. The van der Waals surface area contributed by atoms with Gasteiger partial charge in [-0.2, -0.15) is 0 Å². The van der Waals surface area contributed by atoms with Crippen molar-refractivity contribution in [2.45, 2.75) is 22.9 Å². The second-order valence-electron chi connectivity index (χ2n) is 4.62. The van der Waals surface area contributed by atoms with Gasteiger partial charge in [0, 0.05) is 16.3 Å². The maximum Gasteiger partial charge on any atom is 0.117 e. The van der Waals surface area contributed by atoms with Gasteiger partial charge < -0.3 is 5.73 Å². The van der Waals surface area contributed by atoms with E-state index < -0.39 is 0 Å². The first-order chi connectivity index (χ1) is 9.75. The van der Waals surface area contributed by atoms with E-state index in [1.54, 1.807) is 18.1 Å². The topological polar surface area (TPSA) is 51.8 Å². The van der Waals surface area contributed by atoms with Crippen LogP contribution in [0.15, 0.2) is 64.8 Å². The molecule has 0 unspecified atom stereocenters. The predicted octanol–water partition coefficient (Wildman–Crippen LogP) is 3.80. The van der Waals surface area contributed by atoms with Gasteiger partial charge in [0.25, 0.3) is 0 Å². The zero-order valence-corrected chi connectivity index (χ0v) is 12.0. The Kier molecular flexibility index (Phi) is 3.67. The fraction of sp³-hybridized carbons (Fsp3) is 0.125. The quantitative estimate of drug-likeness (QED) is 0.742. The van der Waals surface area contributed by atoms with Gasteiger partial charge in [0.1, 0.15) is 11.4 Å². The van der Waals surface area contributed by atoms with Crippen LogP contribution in [0.25, 0.3) is 10.9 Å². The molecule has 3 aromatic rings. The standard InChI is InChI=1S/C16H15N3S/c1-11(17)12-6-3-5-9-15(12)20-16-13-7-2-4-8-14(13)18-10-19-16/h2-11H,17H2,1H3/t11-/m1/s1. The van der Waals surface area contributed by atoms with Crippen LogP contribution in [0.1, 0.15) is 18.5 Å². The number of hydrogen-bond donors (Lipinski definition) is 1. The highest BCUT2D eigenvalue weighted by atomic mass is 32.2. The molecule has 20 heavy (non-hydrogen) atoms. The van der Waals surface area contributed by atoms with Gasteiger partial charge in [0.15, 0.2) is 0 Å². The number of fused-ring (bicyclic) bond motifs is 1. The first-order valence-electron chi connectivity index (χ1n) is 6.48. The average Bonchev–Trinajstić information content (AvgIpc) is 2.48. The number of nitrogens with zero attached hydrogens (tertiary/aromatic N) is 2. The van der Waals surface area contributed by atoms with E-state index in [1.165, 1.54) is 0 Å². The van der Waals surface area contributed by atoms with Crippen molar-refractivity contribution in [3.63, 3.8) is 0 Å². The van der Waals surface area contributed by atoms with Crippen LogP contribution < -0.4 is 5.73 Å². The molecule has 100 valence electrons. The molecule has 0 radical (unpaired) electrons. The summed E-state index contributed by atoms with van der Waals surface area (Å²) in [7, 11) is 0. The molecule has 3 nitrogen and oxygen atoms in total. The summed E-state index contributed by atoms with van der Waals surface area (Å²) in [5, 5.41) is 2.03. The van der Waals surface area contributed by atoms with Gasteiger partial charge in [-0.1, -0.05) is 48.2 Å². The zero-order valence-electron chi connectivity index (χ0n) is 11.2. The summed E-state index contributed by atoms with van der Waals surface area (Å²) in [6.07, 6.45) is 1.61. The van der Waals surface area contributed by atoms with Crippen LogP contribution in [0.2, 0.25) is 0 Å². The molecule has 0 aliphatic carbocycles. The Labute approximate surface area is 122 Å². The van der Waals surface area contributed by atoms with Crippen molar-refractivity contribution in [3.05, 3.63) is 60.4 Å². The molecular formula is C16H15N3S. The maximum atomic E-state index is 6.03. The molecule has 0 saturated carbocycles. The van der Waals surface area contributed by atoms with Crippen LogP contribution in [-0.4, -0.2) is 9.97 Å². The molecule has 0 spiro atoms. The van der Waals surface area contributed by atoms with E-state index in [4.69, 9.17) is 5.73 Å². The largest absolute Gasteiger partial charge is 0.324 e. The number of hydrogen-bond acceptors (Lipinski definition) is 4. The van der Waals surface area contributed by atoms with E-state index in [1.807, 2.05) is 43.3 Å². The Balaban J connectivity index is 2.06. The number of rotatable bonds is 3. The van der Waals surface area contributed by atoms with E-state index in [2.05, 4.69) is 22.1 Å². The molecule has 1 heterocycles. The van der Waals surface area contributed by atoms with Gasteiger partial charge in [0.05, 0.1) is 5.52 Å². The molecular weight excluding hydrogens is 266 g/mol. The van der Waals surface area contributed by atoms with Crippen LogP contribution in [0.4, 0.5) is 0 Å². The molecule has 0 fully saturated rings. The Morgan fingerprint density at radius 2 is 1.75 bits per heavy atom. The fourth-order valence-electron chi connectivity index (χ4n) is 2.12. The lowest BCUT2D eigenvalue weighted by molar-refractivity contribution is 0.797. The first kappa shape index (κ1) is 13.1. The van der Waals surface area contributed by atoms with Crippen molar-refractivity contribution in [1.29, 1.82) is 0 Å². The smallest absolute Gasteiger partial charge is 0.117 e. The molecule has 2 aromatic carbocycles. The molecule has 4 heteroatoms. The summed E-state index contributed by atoms with van der Waals surface area (Å²) in [4.78, 5) is 9.85. The molecule has 2 N–H and O–H groups in total. The van der Waals surface area contributed by atoms with E-state index >= 15 is 0 Å². The third-order valence-electron chi connectivity index (χ3n) is 3.12. The van der Waals surface area contributed by atoms with E-state index in [0.29, 0.717) is 0 Å². The summed E-state index contributed by atoms with van der Waals surface area (Å²) in [6.45, 7) is 2.00. The zero-order chi connectivity index (χ0) is 13.9. The van der Waals surface area contributed by atoms with Crippen LogP contribution in [0.5, 0.6) is 0 Å². The highest BCUT2D eigenvalue weighted by molar-refractivity contribution is 7.99. The number of para-hydroxylation sites is 1. The Morgan fingerprint density at radius 1 is 1.00 bits per heavy atom. The lowest BCUT2D eigenvalue weighted by atomic mass is 10.1. The van der Waals surface area contributed by atoms with Crippen LogP contribution in [0, 0.1) is 0 Å².